The van der Waals surface area contributed by atoms with Gasteiger partial charge in [0.15, 0.2) is 0 Å². The second-order valence-corrected chi connectivity index (χ2v) is 12.9. The molecular weight excluding hydrogens is 569 g/mol. The zero-order valence-corrected chi connectivity index (χ0v) is 24.8. The van der Waals surface area contributed by atoms with Crippen LogP contribution >= 0.6 is 23.2 Å². The molecule has 40 heavy (non-hydrogen) atoms. The minimum Gasteiger partial charge on any atom is -0.352 e. The van der Waals surface area contributed by atoms with Crippen LogP contribution in [0.3, 0.4) is 0 Å². The van der Waals surface area contributed by atoms with Crippen LogP contribution in [0.2, 0.25) is 10.0 Å². The Kier molecular flexibility index (Phi) is 9.77. The summed E-state index contributed by atoms with van der Waals surface area (Å²) < 4.78 is 28.8. The minimum absolute atomic E-state index is 0.0437. The second kappa shape index (κ2) is 13.1. The molecule has 10 heteroatoms. The molecule has 0 aromatic heterocycles. The fourth-order valence-electron chi connectivity index (χ4n) is 4.76. The van der Waals surface area contributed by atoms with E-state index in [9.17, 15) is 18.0 Å². The molecule has 1 aliphatic carbocycles. The molecule has 1 atom stereocenters. The summed E-state index contributed by atoms with van der Waals surface area (Å²) in [7, 11) is -4.15. The average Bonchev–Trinajstić information content (AvgIpc) is 3.44. The van der Waals surface area contributed by atoms with Crippen LogP contribution in [0.15, 0.2) is 77.7 Å². The molecule has 1 aliphatic rings. The Morgan fingerprint density at radius 1 is 0.950 bits per heavy atom. The molecule has 4 rings (SSSR count). The van der Waals surface area contributed by atoms with Crippen molar-refractivity contribution >= 4 is 50.7 Å². The third-order valence-corrected chi connectivity index (χ3v) is 9.39. The Labute approximate surface area is 246 Å². The number of hydrogen-bond donors (Lipinski definition) is 1. The number of benzene rings is 3. The highest BCUT2D eigenvalue weighted by atomic mass is 35.5. The molecule has 3 aromatic rings. The quantitative estimate of drug-likeness (QED) is 0.310. The van der Waals surface area contributed by atoms with Crippen LogP contribution in [-0.2, 0) is 26.2 Å². The average molecular weight is 603 g/mol. The number of sulfonamides is 1. The van der Waals surface area contributed by atoms with Crippen molar-refractivity contribution in [2.75, 3.05) is 10.8 Å². The third-order valence-electron chi connectivity index (χ3n) is 7.12. The molecule has 0 aliphatic heterocycles. The third kappa shape index (κ3) is 7.36. The van der Waals surface area contributed by atoms with Crippen molar-refractivity contribution in [1.29, 1.82) is 0 Å². The highest BCUT2D eigenvalue weighted by Gasteiger charge is 2.33. The lowest BCUT2D eigenvalue weighted by molar-refractivity contribution is -0.139. The largest absolute Gasteiger partial charge is 0.352 e. The van der Waals surface area contributed by atoms with Crippen LogP contribution in [-0.4, -0.2) is 43.8 Å². The van der Waals surface area contributed by atoms with Gasteiger partial charge in [0.2, 0.25) is 11.8 Å². The maximum atomic E-state index is 14.0. The van der Waals surface area contributed by atoms with Gasteiger partial charge in [-0.25, -0.2) is 8.42 Å². The molecule has 1 saturated carbocycles. The van der Waals surface area contributed by atoms with Gasteiger partial charge in [-0.2, -0.15) is 0 Å². The van der Waals surface area contributed by atoms with Gasteiger partial charge in [0.05, 0.1) is 10.6 Å². The van der Waals surface area contributed by atoms with Crippen molar-refractivity contribution < 1.29 is 18.0 Å². The van der Waals surface area contributed by atoms with Crippen LogP contribution < -0.4 is 9.62 Å². The fraction of sp³-hybridized carbons (Fsp3) is 0.333. The zero-order valence-electron chi connectivity index (χ0n) is 22.5. The monoisotopic (exact) mass is 601 g/mol. The number of hydrogen-bond acceptors (Lipinski definition) is 4. The molecule has 1 fully saturated rings. The fourth-order valence-corrected chi connectivity index (χ4v) is 6.48. The van der Waals surface area contributed by atoms with Gasteiger partial charge in [-0.3, -0.25) is 13.9 Å². The van der Waals surface area contributed by atoms with E-state index in [4.69, 9.17) is 23.2 Å². The van der Waals surface area contributed by atoms with E-state index in [2.05, 4.69) is 5.32 Å². The zero-order chi connectivity index (χ0) is 28.9. The molecule has 0 bridgehead atoms. The Balaban J connectivity index is 1.68. The Morgan fingerprint density at radius 3 is 2.23 bits per heavy atom. The normalized spacial score (nSPS) is 14.5. The smallest absolute Gasteiger partial charge is 0.264 e. The highest BCUT2D eigenvalue weighted by Crippen LogP contribution is 2.27. The Hall–Kier alpha value is -3.07. The molecule has 0 saturated heterocycles. The highest BCUT2D eigenvalue weighted by molar-refractivity contribution is 7.92. The summed E-state index contributed by atoms with van der Waals surface area (Å²) >= 11 is 12.3. The van der Waals surface area contributed by atoms with Crippen molar-refractivity contribution in [3.05, 3.63) is 94.0 Å². The van der Waals surface area contributed by atoms with E-state index in [1.54, 1.807) is 61.5 Å². The van der Waals surface area contributed by atoms with Crippen molar-refractivity contribution in [1.82, 2.24) is 10.2 Å². The number of carbonyl (C=O) groups excluding carboxylic acids is 2. The van der Waals surface area contributed by atoms with Crippen molar-refractivity contribution in [3.8, 4) is 0 Å². The lowest BCUT2D eigenvalue weighted by Gasteiger charge is -2.32. The molecule has 0 heterocycles. The van der Waals surface area contributed by atoms with Crippen molar-refractivity contribution in [2.24, 2.45) is 0 Å². The van der Waals surface area contributed by atoms with E-state index in [0.717, 1.165) is 41.1 Å². The first-order valence-corrected chi connectivity index (χ1v) is 15.4. The molecule has 0 spiro atoms. The standard InChI is InChI=1S/C30H33Cl2N3O4S/c1-21-10-16-28(17-11-21)40(38,39)35(27-9-5-6-25(32)18-27)20-29(36)34(19-23-12-14-24(31)15-13-23)22(2)30(37)33-26-7-3-4-8-26/h5-6,9-18,22,26H,3-4,7-8,19-20H2,1-2H3,(H,33,37)/t22-/m0/s1. The van der Waals surface area contributed by atoms with Crippen LogP contribution in [0.25, 0.3) is 0 Å². The summed E-state index contributed by atoms with van der Waals surface area (Å²) in [6.07, 6.45) is 3.91. The number of anilines is 1. The molecule has 2 amide bonds. The van der Waals surface area contributed by atoms with Crippen LogP contribution in [0.5, 0.6) is 0 Å². The first-order chi connectivity index (χ1) is 19.0. The van der Waals surface area contributed by atoms with Crippen molar-refractivity contribution in [2.45, 2.75) is 63.1 Å². The molecule has 3 aromatic carbocycles. The Bertz CT molecular complexity index is 1440. The minimum atomic E-state index is -4.15. The van der Waals surface area contributed by atoms with E-state index < -0.39 is 28.5 Å². The van der Waals surface area contributed by atoms with Crippen LogP contribution in [0, 0.1) is 6.92 Å². The maximum absolute atomic E-state index is 14.0. The summed E-state index contributed by atoms with van der Waals surface area (Å²) in [5.41, 5.74) is 1.91. The number of amides is 2. The summed E-state index contributed by atoms with van der Waals surface area (Å²) in [5, 5.41) is 3.94. The van der Waals surface area contributed by atoms with Gasteiger partial charge >= 0.3 is 0 Å². The topological polar surface area (TPSA) is 86.8 Å². The summed E-state index contributed by atoms with van der Waals surface area (Å²) in [4.78, 5) is 28.7. The van der Waals surface area contributed by atoms with E-state index in [1.807, 2.05) is 6.92 Å². The van der Waals surface area contributed by atoms with Gasteiger partial charge < -0.3 is 10.2 Å². The SMILES string of the molecule is Cc1ccc(S(=O)(=O)N(CC(=O)N(Cc2ccc(Cl)cc2)[C@@H](C)C(=O)NC2CCCC2)c2cccc(Cl)c2)cc1. The number of nitrogens with zero attached hydrogens (tertiary/aromatic N) is 2. The summed E-state index contributed by atoms with van der Waals surface area (Å²) in [6, 6.07) is 19.0. The van der Waals surface area contributed by atoms with Gasteiger partial charge in [-0.05, 0) is 74.7 Å². The first-order valence-electron chi connectivity index (χ1n) is 13.2. The number of halogens is 2. The van der Waals surface area contributed by atoms with E-state index in [0.29, 0.717) is 10.0 Å². The first kappa shape index (κ1) is 29.9. The number of rotatable bonds is 10. The molecule has 7 nitrogen and oxygen atoms in total. The van der Waals surface area contributed by atoms with Crippen LogP contribution in [0.4, 0.5) is 5.69 Å². The lowest BCUT2D eigenvalue weighted by Crippen LogP contribution is -2.52. The van der Waals surface area contributed by atoms with Gasteiger partial charge in [-0.15, -0.1) is 0 Å². The molecule has 212 valence electrons. The predicted octanol–water partition coefficient (Wildman–Crippen LogP) is 5.97. The van der Waals surface area contributed by atoms with Gasteiger partial charge in [0.1, 0.15) is 12.6 Å². The van der Waals surface area contributed by atoms with Gasteiger partial charge in [0, 0.05) is 22.6 Å². The predicted molar refractivity (Wildman–Crippen MR) is 159 cm³/mol. The maximum Gasteiger partial charge on any atom is 0.264 e. The molecule has 0 unspecified atom stereocenters. The van der Waals surface area contributed by atoms with Gasteiger partial charge in [-0.1, -0.05) is 71.9 Å². The summed E-state index contributed by atoms with van der Waals surface area (Å²) in [6.45, 7) is 3.10. The summed E-state index contributed by atoms with van der Waals surface area (Å²) in [5.74, 6) is -0.801. The molecule has 0 radical (unpaired) electrons. The second-order valence-electron chi connectivity index (χ2n) is 10.1. The molecular formula is C30H33Cl2N3O4S. The van der Waals surface area contributed by atoms with E-state index >= 15 is 0 Å². The Morgan fingerprint density at radius 2 is 1.60 bits per heavy atom. The number of carbonyl (C=O) groups is 2. The number of nitrogens with one attached hydrogen (secondary N) is 1. The lowest BCUT2D eigenvalue weighted by atomic mass is 10.1. The van der Waals surface area contributed by atoms with Crippen molar-refractivity contribution in [3.63, 3.8) is 0 Å². The molecule has 1 N–H and O–H groups in total. The van der Waals surface area contributed by atoms with Gasteiger partial charge in [0.25, 0.3) is 10.0 Å². The van der Waals surface area contributed by atoms with E-state index in [-0.39, 0.29) is 29.1 Å². The number of aryl methyl sites for hydroxylation is 1. The van der Waals surface area contributed by atoms with Crippen LogP contribution in [0.1, 0.15) is 43.7 Å². The van der Waals surface area contributed by atoms with E-state index in [1.165, 1.54) is 23.1 Å².